The normalized spacial score (nSPS) is 23.9. The maximum Gasteiger partial charge on any atom is 0.283 e. The van der Waals surface area contributed by atoms with Gasteiger partial charge in [0.25, 0.3) is 6.02 Å². The molecule has 0 saturated carbocycles. The molecule has 0 amide bonds. The molecule has 1 heterocycles. The van der Waals surface area contributed by atoms with Crippen LogP contribution in [-0.2, 0) is 4.74 Å². The Hall–Kier alpha value is -1.74. The van der Waals surface area contributed by atoms with E-state index >= 15 is 0 Å². The van der Waals surface area contributed by atoms with Crippen molar-refractivity contribution in [2.75, 3.05) is 0 Å². The number of amidine groups is 1. The summed E-state index contributed by atoms with van der Waals surface area (Å²) in [5.41, 5.74) is 8.08. The van der Waals surface area contributed by atoms with Gasteiger partial charge in [0.2, 0.25) is 0 Å². The van der Waals surface area contributed by atoms with Crippen LogP contribution in [0.4, 0.5) is 0 Å². The van der Waals surface area contributed by atoms with Crippen molar-refractivity contribution in [3.05, 3.63) is 47.5 Å². The van der Waals surface area contributed by atoms with Crippen LogP contribution in [0.1, 0.15) is 23.3 Å². The van der Waals surface area contributed by atoms with E-state index in [1.165, 1.54) is 21.9 Å². The van der Waals surface area contributed by atoms with Gasteiger partial charge in [-0.1, -0.05) is 36.4 Å². The quantitative estimate of drug-likeness (QED) is 0.777. The summed E-state index contributed by atoms with van der Waals surface area (Å²) in [5, 5.41) is 2.54. The zero-order valence-electron chi connectivity index (χ0n) is 8.96. The van der Waals surface area contributed by atoms with Gasteiger partial charge in [0.1, 0.15) is 6.04 Å². The monoisotopic (exact) mass is 246 g/mol. The molecule has 0 aromatic heterocycles. The van der Waals surface area contributed by atoms with Crippen LogP contribution in [0.5, 0.6) is 0 Å². The van der Waals surface area contributed by atoms with Gasteiger partial charge in [0.05, 0.1) is 0 Å². The molecule has 0 spiro atoms. The lowest BCUT2D eigenvalue weighted by molar-refractivity contribution is 0.201. The lowest BCUT2D eigenvalue weighted by atomic mass is 10.0. The molecule has 4 heteroatoms. The summed E-state index contributed by atoms with van der Waals surface area (Å²) in [4.78, 5) is 4.36. The predicted molar refractivity (Wildman–Crippen MR) is 69.4 cm³/mol. The Labute approximate surface area is 105 Å². The van der Waals surface area contributed by atoms with Crippen molar-refractivity contribution in [1.29, 1.82) is 0 Å². The smallest absolute Gasteiger partial charge is 0.283 e. The number of halogens is 1. The maximum atomic E-state index is 5.64. The van der Waals surface area contributed by atoms with E-state index in [0.29, 0.717) is 6.02 Å². The molecule has 2 unspecified atom stereocenters. The number of hydrogen-bond acceptors (Lipinski definition) is 3. The molecule has 0 radical (unpaired) electrons. The van der Waals surface area contributed by atoms with Crippen molar-refractivity contribution < 1.29 is 4.74 Å². The van der Waals surface area contributed by atoms with E-state index in [2.05, 4.69) is 41.4 Å². The molecule has 4 rings (SSSR count). The van der Waals surface area contributed by atoms with Crippen molar-refractivity contribution in [2.45, 2.75) is 12.1 Å². The summed E-state index contributed by atoms with van der Waals surface area (Å²) in [6, 6.07) is 12.9. The molecule has 86 valence electrons. The first kappa shape index (κ1) is 10.4. The molecular formula is C13H11ClN2O. The standard InChI is InChI=1S/C13H10N2O.ClH/c14-13-15-11-8-5-1-3-7-4-2-6-9(10(7)8)12(11)16-13;/h1-6,11-12H,(H2,14,15);1H. The minimum Gasteiger partial charge on any atom is -0.455 e. The van der Waals surface area contributed by atoms with E-state index < -0.39 is 0 Å². The highest BCUT2D eigenvalue weighted by atomic mass is 35.5. The van der Waals surface area contributed by atoms with Gasteiger partial charge in [-0.15, -0.1) is 12.4 Å². The number of ether oxygens (including phenoxy) is 1. The van der Waals surface area contributed by atoms with E-state index in [4.69, 9.17) is 10.5 Å². The lowest BCUT2D eigenvalue weighted by Crippen LogP contribution is -2.12. The zero-order chi connectivity index (χ0) is 10.7. The number of fused-ring (bicyclic) bond motifs is 3. The third-order valence-electron chi connectivity index (χ3n) is 3.40. The van der Waals surface area contributed by atoms with E-state index in [-0.39, 0.29) is 24.6 Å². The molecule has 2 N–H and O–H groups in total. The average molecular weight is 247 g/mol. The molecule has 0 bridgehead atoms. The third kappa shape index (κ3) is 1.20. The van der Waals surface area contributed by atoms with Gasteiger partial charge in [-0.25, -0.2) is 4.99 Å². The van der Waals surface area contributed by atoms with Gasteiger partial charge < -0.3 is 10.5 Å². The first-order valence-corrected chi connectivity index (χ1v) is 5.36. The van der Waals surface area contributed by atoms with Gasteiger partial charge >= 0.3 is 0 Å². The maximum absolute atomic E-state index is 5.64. The SMILES string of the molecule is Cl.NC1=NC2c3cccc4cccc(c34)C2O1. The van der Waals surface area contributed by atoms with Crippen molar-refractivity contribution in [3.63, 3.8) is 0 Å². The predicted octanol–water partition coefficient (Wildman–Crippen LogP) is 2.70. The summed E-state index contributed by atoms with van der Waals surface area (Å²) in [6.45, 7) is 0. The van der Waals surface area contributed by atoms with Crippen molar-refractivity contribution >= 4 is 29.2 Å². The van der Waals surface area contributed by atoms with Crippen LogP contribution < -0.4 is 5.73 Å². The van der Waals surface area contributed by atoms with Crippen molar-refractivity contribution in [2.24, 2.45) is 10.7 Å². The second-order valence-electron chi connectivity index (χ2n) is 4.24. The number of hydrogen-bond donors (Lipinski definition) is 1. The number of nitrogens with zero attached hydrogens (tertiary/aromatic N) is 1. The van der Waals surface area contributed by atoms with Gasteiger partial charge in [0.15, 0.2) is 6.10 Å². The zero-order valence-corrected chi connectivity index (χ0v) is 9.78. The van der Waals surface area contributed by atoms with Crippen LogP contribution in [0.25, 0.3) is 10.8 Å². The minimum absolute atomic E-state index is 0. The Morgan fingerprint density at radius 1 is 1.06 bits per heavy atom. The van der Waals surface area contributed by atoms with E-state index in [1.54, 1.807) is 0 Å². The van der Waals surface area contributed by atoms with Crippen molar-refractivity contribution in [1.82, 2.24) is 0 Å². The van der Waals surface area contributed by atoms with Crippen LogP contribution in [-0.4, -0.2) is 6.02 Å². The Balaban J connectivity index is 0.000000902. The molecular weight excluding hydrogens is 236 g/mol. The fraction of sp³-hybridized carbons (Fsp3) is 0.154. The Morgan fingerprint density at radius 2 is 1.76 bits per heavy atom. The van der Waals surface area contributed by atoms with Gasteiger partial charge in [-0.3, -0.25) is 0 Å². The van der Waals surface area contributed by atoms with Crippen LogP contribution in [0, 0.1) is 0 Å². The van der Waals surface area contributed by atoms with Crippen LogP contribution >= 0.6 is 12.4 Å². The van der Waals surface area contributed by atoms with Gasteiger partial charge in [-0.2, -0.15) is 0 Å². The number of rotatable bonds is 0. The Kier molecular flexibility index (Phi) is 2.07. The Bertz CT molecular complexity index is 633. The largest absolute Gasteiger partial charge is 0.455 e. The number of aliphatic imine (C=N–C) groups is 1. The van der Waals surface area contributed by atoms with Gasteiger partial charge in [-0.05, 0) is 16.3 Å². The molecule has 2 aromatic carbocycles. The highest BCUT2D eigenvalue weighted by Crippen LogP contribution is 2.50. The molecule has 1 aliphatic heterocycles. The van der Waals surface area contributed by atoms with Crippen LogP contribution in [0.15, 0.2) is 41.4 Å². The molecule has 1 aliphatic carbocycles. The molecule has 0 fully saturated rings. The summed E-state index contributed by atoms with van der Waals surface area (Å²) >= 11 is 0. The molecule has 2 atom stereocenters. The number of benzene rings is 2. The Morgan fingerprint density at radius 3 is 2.53 bits per heavy atom. The van der Waals surface area contributed by atoms with Crippen molar-refractivity contribution in [3.8, 4) is 0 Å². The molecule has 3 nitrogen and oxygen atoms in total. The first-order valence-electron chi connectivity index (χ1n) is 5.36. The molecule has 2 aromatic rings. The number of nitrogens with two attached hydrogens (primary N) is 1. The fourth-order valence-electron chi connectivity index (χ4n) is 2.78. The summed E-state index contributed by atoms with van der Waals surface area (Å²) in [6.07, 6.45) is -0.0129. The average Bonchev–Trinajstić information content (AvgIpc) is 2.80. The third-order valence-corrected chi connectivity index (χ3v) is 3.40. The van der Waals surface area contributed by atoms with E-state index in [9.17, 15) is 0 Å². The fourth-order valence-corrected chi connectivity index (χ4v) is 2.78. The van der Waals surface area contributed by atoms with E-state index in [0.717, 1.165) is 0 Å². The summed E-state index contributed by atoms with van der Waals surface area (Å²) in [7, 11) is 0. The second kappa shape index (κ2) is 3.37. The molecule has 0 saturated heterocycles. The topological polar surface area (TPSA) is 47.6 Å². The highest BCUT2D eigenvalue weighted by Gasteiger charge is 2.40. The summed E-state index contributed by atoms with van der Waals surface area (Å²) in [5.74, 6) is 0. The van der Waals surface area contributed by atoms with Gasteiger partial charge in [0, 0.05) is 5.56 Å². The second-order valence-corrected chi connectivity index (χ2v) is 4.24. The summed E-state index contributed by atoms with van der Waals surface area (Å²) < 4.78 is 5.59. The van der Waals surface area contributed by atoms with Crippen LogP contribution in [0.3, 0.4) is 0 Å². The molecule has 2 aliphatic rings. The van der Waals surface area contributed by atoms with Crippen LogP contribution in [0.2, 0.25) is 0 Å². The first-order chi connectivity index (χ1) is 7.84. The lowest BCUT2D eigenvalue weighted by Gasteiger charge is -2.09. The molecule has 17 heavy (non-hydrogen) atoms. The highest BCUT2D eigenvalue weighted by molar-refractivity contribution is 5.93. The minimum atomic E-state index is -0.0129. The van der Waals surface area contributed by atoms with E-state index in [1.807, 2.05) is 0 Å².